The van der Waals surface area contributed by atoms with Crippen LogP contribution in [-0.4, -0.2) is 12.0 Å². The maximum absolute atomic E-state index is 3.90. The van der Waals surface area contributed by atoms with E-state index in [9.17, 15) is 0 Å². The minimum Gasteiger partial charge on any atom is -0.104 e. The van der Waals surface area contributed by atoms with Gasteiger partial charge in [0, 0.05) is 5.66 Å². The fourth-order valence-electron chi connectivity index (χ4n) is 1.13. The van der Waals surface area contributed by atoms with Crippen molar-refractivity contribution in [3.63, 3.8) is 0 Å². The Morgan fingerprint density at radius 2 is 2.20 bits per heavy atom. The highest BCUT2D eigenvalue weighted by atomic mass is 31.1. The Labute approximate surface area is 64.4 Å². The molecule has 0 N–H and O–H groups in total. The zero-order valence-corrected chi connectivity index (χ0v) is 7.49. The summed E-state index contributed by atoms with van der Waals surface area (Å²) in [4.78, 5) is 0. The van der Waals surface area contributed by atoms with Gasteiger partial charge in [0.25, 0.3) is 0 Å². The highest BCUT2D eigenvalue weighted by molar-refractivity contribution is 7.37. The molecule has 54 valence electrons. The van der Waals surface area contributed by atoms with Crippen LogP contribution in [0.25, 0.3) is 0 Å². The van der Waals surface area contributed by atoms with E-state index in [1.165, 1.54) is 25.8 Å². The molecule has 0 bridgehead atoms. The van der Waals surface area contributed by atoms with Gasteiger partial charge >= 0.3 is 0 Å². The Balaban J connectivity index is 2.77. The maximum Gasteiger partial charge on any atom is 0.0250 e. The molecule has 0 saturated carbocycles. The van der Waals surface area contributed by atoms with E-state index in [1.54, 1.807) is 0 Å². The first-order valence-corrected chi connectivity index (χ1v) is 4.68. The molecule has 0 heterocycles. The molecule has 0 aromatic carbocycles. The number of hydrogen-bond acceptors (Lipinski definition) is 0. The van der Waals surface area contributed by atoms with E-state index >= 15 is 0 Å². The largest absolute Gasteiger partial charge is 0.104 e. The molecule has 0 aromatic rings. The summed E-state index contributed by atoms with van der Waals surface area (Å²) in [6.45, 7) is 4.37. The monoisotopic (exact) mass is 152 g/mol. The number of hydrogen-bond donors (Lipinski definition) is 0. The molecule has 0 spiro atoms. The second-order valence-corrected chi connectivity index (χ2v) is 3.81. The van der Waals surface area contributed by atoms with Gasteiger partial charge < -0.3 is 0 Å². The Kier molecular flexibility index (Phi) is 2.45. The van der Waals surface area contributed by atoms with Crippen molar-refractivity contribution in [1.29, 1.82) is 0 Å². The molecule has 1 heteroatoms. The average Bonchev–Trinajstić information content (AvgIpc) is 1.94. The molecule has 0 nitrogen and oxygen atoms in total. The van der Waals surface area contributed by atoms with E-state index in [2.05, 4.69) is 32.3 Å². The second kappa shape index (κ2) is 3.16. The van der Waals surface area contributed by atoms with Gasteiger partial charge in [-0.2, -0.15) is 0 Å². The van der Waals surface area contributed by atoms with E-state index in [1.807, 2.05) is 0 Å². The van der Waals surface area contributed by atoms with Crippen LogP contribution in [0.4, 0.5) is 0 Å². The molecule has 1 aliphatic rings. The lowest BCUT2D eigenvalue weighted by atomic mass is 10.0. The van der Waals surface area contributed by atoms with Gasteiger partial charge in [-0.15, -0.1) is 8.20 Å². The Morgan fingerprint density at radius 1 is 1.50 bits per heavy atom. The van der Waals surface area contributed by atoms with Gasteiger partial charge in [0.2, 0.25) is 0 Å². The lowest BCUT2D eigenvalue weighted by Crippen LogP contribution is -2.04. The molecule has 1 aliphatic carbocycles. The molecular weight excluding hydrogens is 139 g/mol. The van der Waals surface area contributed by atoms with Crippen molar-refractivity contribution >= 4 is 14.5 Å². The fourth-order valence-corrected chi connectivity index (χ4v) is 1.92. The van der Waals surface area contributed by atoms with Crippen LogP contribution in [-0.2, 0) is 0 Å². The first-order chi connectivity index (χ1) is 4.74. The van der Waals surface area contributed by atoms with Gasteiger partial charge in [-0.1, -0.05) is 29.6 Å². The molecule has 10 heavy (non-hydrogen) atoms. The van der Waals surface area contributed by atoms with Crippen LogP contribution in [0.2, 0.25) is 0 Å². The molecule has 0 aliphatic heterocycles. The van der Waals surface area contributed by atoms with Crippen molar-refractivity contribution in [3.8, 4) is 0 Å². The van der Waals surface area contributed by atoms with Gasteiger partial charge in [-0.3, -0.25) is 0 Å². The Hall–Kier alpha value is -0.350. The van der Waals surface area contributed by atoms with Crippen molar-refractivity contribution < 1.29 is 0 Å². The molecule has 1 atom stereocenters. The van der Waals surface area contributed by atoms with Crippen LogP contribution in [0.5, 0.6) is 0 Å². The summed E-state index contributed by atoms with van der Waals surface area (Å²) in [5.74, 6) is 0. The first kappa shape index (κ1) is 7.75. The summed E-state index contributed by atoms with van der Waals surface area (Å²) in [5.41, 5.74) is 3.64. The summed E-state index contributed by atoms with van der Waals surface area (Å²) in [5, 5.41) is 0. The predicted octanol–water partition coefficient (Wildman–Crippen LogP) is 3.03. The third kappa shape index (κ3) is 1.58. The van der Waals surface area contributed by atoms with Crippen molar-refractivity contribution in [3.05, 3.63) is 23.3 Å². The zero-order chi connectivity index (χ0) is 7.56. The van der Waals surface area contributed by atoms with Gasteiger partial charge in [0.15, 0.2) is 0 Å². The van der Waals surface area contributed by atoms with Crippen LogP contribution in [0.15, 0.2) is 23.3 Å². The quantitative estimate of drug-likeness (QED) is 0.506. The molecule has 0 amide bonds. The SMILES string of the molecule is C=PC1CC(C)=CC=C1C. The predicted molar refractivity (Wildman–Crippen MR) is 50.0 cm³/mol. The second-order valence-electron chi connectivity index (χ2n) is 2.83. The van der Waals surface area contributed by atoms with Gasteiger partial charge in [0.05, 0.1) is 0 Å². The number of allylic oxidation sites excluding steroid dienone is 4. The Bertz CT molecular complexity index is 199. The van der Waals surface area contributed by atoms with Gasteiger partial charge in [-0.25, -0.2) is 0 Å². The van der Waals surface area contributed by atoms with E-state index in [0.717, 1.165) is 0 Å². The lowest BCUT2D eigenvalue weighted by Gasteiger charge is -2.16. The summed E-state index contributed by atoms with van der Waals surface area (Å²) in [6.07, 6.45) is 9.52. The molecule has 0 saturated heterocycles. The van der Waals surface area contributed by atoms with Crippen molar-refractivity contribution in [2.24, 2.45) is 0 Å². The molecule has 0 radical (unpaired) electrons. The van der Waals surface area contributed by atoms with Crippen LogP contribution >= 0.6 is 8.20 Å². The normalized spacial score (nSPS) is 26.0. The minimum absolute atomic E-state index is 0.685. The van der Waals surface area contributed by atoms with Crippen molar-refractivity contribution in [2.45, 2.75) is 25.9 Å². The summed E-state index contributed by atoms with van der Waals surface area (Å²) in [7, 11) is 1.26. The molecular formula is C9H13P. The van der Waals surface area contributed by atoms with E-state index in [-0.39, 0.29) is 0 Å². The highest BCUT2D eigenvalue weighted by Gasteiger charge is 2.10. The van der Waals surface area contributed by atoms with Gasteiger partial charge in [0.1, 0.15) is 0 Å². The standard InChI is InChI=1S/C9H13P/c1-7-4-5-8(2)9(6-7)10-3/h4-5,9H,3,6H2,1-2H3. The summed E-state index contributed by atoms with van der Waals surface area (Å²) < 4.78 is 0. The van der Waals surface area contributed by atoms with Crippen LogP contribution in [0.1, 0.15) is 20.3 Å². The van der Waals surface area contributed by atoms with E-state index in [0.29, 0.717) is 5.66 Å². The third-order valence-electron chi connectivity index (χ3n) is 1.89. The van der Waals surface area contributed by atoms with Crippen LogP contribution in [0, 0.1) is 0 Å². The van der Waals surface area contributed by atoms with Crippen LogP contribution in [0.3, 0.4) is 0 Å². The Morgan fingerprint density at radius 3 is 2.70 bits per heavy atom. The topological polar surface area (TPSA) is 0 Å². The molecule has 0 aromatic heterocycles. The van der Waals surface area contributed by atoms with Gasteiger partial charge in [-0.05, 0) is 20.3 Å². The van der Waals surface area contributed by atoms with E-state index < -0.39 is 0 Å². The maximum atomic E-state index is 3.90. The molecule has 1 unspecified atom stereocenters. The van der Waals surface area contributed by atoms with Crippen LogP contribution < -0.4 is 0 Å². The molecule has 0 fully saturated rings. The van der Waals surface area contributed by atoms with Crippen molar-refractivity contribution in [2.75, 3.05) is 0 Å². The smallest absolute Gasteiger partial charge is 0.0250 e. The first-order valence-electron chi connectivity index (χ1n) is 3.54. The lowest BCUT2D eigenvalue weighted by molar-refractivity contribution is 0.924. The van der Waals surface area contributed by atoms with Crippen molar-refractivity contribution in [1.82, 2.24) is 0 Å². The zero-order valence-electron chi connectivity index (χ0n) is 6.59. The summed E-state index contributed by atoms with van der Waals surface area (Å²) in [6, 6.07) is 0. The average molecular weight is 152 g/mol. The minimum atomic E-state index is 0.685. The van der Waals surface area contributed by atoms with E-state index in [4.69, 9.17) is 0 Å². The summed E-state index contributed by atoms with van der Waals surface area (Å²) >= 11 is 0. The highest BCUT2D eigenvalue weighted by Crippen LogP contribution is 2.27. The third-order valence-corrected chi connectivity index (χ3v) is 2.92. The number of rotatable bonds is 1. The fraction of sp³-hybridized carbons (Fsp3) is 0.444. The molecule has 1 rings (SSSR count).